The third kappa shape index (κ3) is 4.69. The quantitative estimate of drug-likeness (QED) is 0.300. The third-order valence-corrected chi connectivity index (χ3v) is 5.63. The Hall–Kier alpha value is -1.94. The van der Waals surface area contributed by atoms with Gasteiger partial charge in [-0.25, -0.2) is 4.98 Å². The van der Waals surface area contributed by atoms with E-state index in [2.05, 4.69) is 43.6 Å². The van der Waals surface area contributed by atoms with Crippen LogP contribution >= 0.6 is 38.5 Å². The molecule has 0 amide bonds. The number of nitrogens with zero attached hydrogens (tertiary/aromatic N) is 3. The molecule has 0 bridgehead atoms. The summed E-state index contributed by atoms with van der Waals surface area (Å²) in [5.41, 5.74) is 0.862. The summed E-state index contributed by atoms with van der Waals surface area (Å²) in [4.78, 5) is 18.0. The zero-order valence-electron chi connectivity index (χ0n) is 17.5. The Balaban J connectivity index is 2.18. The first kappa shape index (κ1) is 22.7. The first-order chi connectivity index (χ1) is 14.2. The maximum Gasteiger partial charge on any atom is 0.282 e. The second-order valence-corrected chi connectivity index (χ2v) is 9.75. The van der Waals surface area contributed by atoms with E-state index in [4.69, 9.17) is 14.5 Å². The number of rotatable bonds is 5. The lowest BCUT2D eigenvalue weighted by atomic mass is 9.95. The summed E-state index contributed by atoms with van der Waals surface area (Å²) >= 11 is 5.62. The average molecular weight is 584 g/mol. The number of fused-ring (bicyclic) bond motifs is 1. The maximum absolute atomic E-state index is 13.2. The lowest BCUT2D eigenvalue weighted by molar-refractivity contribution is 0.309. The van der Waals surface area contributed by atoms with Gasteiger partial charge in [-0.2, -0.15) is 9.78 Å². The van der Waals surface area contributed by atoms with Crippen molar-refractivity contribution in [1.82, 2.24) is 9.66 Å². The zero-order valence-corrected chi connectivity index (χ0v) is 21.2. The highest BCUT2D eigenvalue weighted by Gasteiger charge is 2.23. The highest BCUT2D eigenvalue weighted by Crippen LogP contribution is 2.33. The van der Waals surface area contributed by atoms with E-state index in [1.807, 2.05) is 52.0 Å². The molecule has 158 valence electrons. The lowest BCUT2D eigenvalue weighted by Gasteiger charge is -2.21. The Labute approximate surface area is 197 Å². The van der Waals surface area contributed by atoms with Crippen molar-refractivity contribution < 1.29 is 9.47 Å². The van der Waals surface area contributed by atoms with E-state index < -0.39 is 0 Å². The summed E-state index contributed by atoms with van der Waals surface area (Å²) in [5.74, 6) is 1.91. The van der Waals surface area contributed by atoms with Crippen molar-refractivity contribution in [2.45, 2.75) is 33.1 Å². The van der Waals surface area contributed by atoms with Gasteiger partial charge in [-0.15, -0.1) is 0 Å². The van der Waals surface area contributed by atoms with Crippen molar-refractivity contribution in [2.24, 2.45) is 5.10 Å². The summed E-state index contributed by atoms with van der Waals surface area (Å²) in [6.07, 6.45) is 1.65. The van der Waals surface area contributed by atoms with Gasteiger partial charge in [-0.3, -0.25) is 4.79 Å². The number of aromatic nitrogens is 2. The SMILES string of the molecule is CCOc1cc(C=Nn2c(C(C)(C)C)nc3ccc(Br)cc3c2=O)cc(I)c1OC. The van der Waals surface area contributed by atoms with E-state index >= 15 is 0 Å². The maximum atomic E-state index is 13.2. The molecule has 0 saturated carbocycles. The third-order valence-electron chi connectivity index (χ3n) is 4.34. The van der Waals surface area contributed by atoms with Gasteiger partial charge < -0.3 is 9.47 Å². The minimum absolute atomic E-state index is 0.212. The van der Waals surface area contributed by atoms with Crippen LogP contribution in [0.2, 0.25) is 0 Å². The molecule has 0 spiro atoms. The Bertz CT molecular complexity index is 1180. The number of benzene rings is 2. The van der Waals surface area contributed by atoms with Crippen LogP contribution in [0.5, 0.6) is 11.5 Å². The minimum Gasteiger partial charge on any atom is -0.492 e. The van der Waals surface area contributed by atoms with Crippen LogP contribution in [0.25, 0.3) is 10.9 Å². The van der Waals surface area contributed by atoms with Crippen molar-refractivity contribution in [3.63, 3.8) is 0 Å². The molecule has 8 heteroatoms. The first-order valence-electron chi connectivity index (χ1n) is 9.43. The Morgan fingerprint density at radius 2 is 2.00 bits per heavy atom. The van der Waals surface area contributed by atoms with Crippen molar-refractivity contribution in [3.8, 4) is 11.5 Å². The van der Waals surface area contributed by atoms with Crippen molar-refractivity contribution in [3.05, 3.63) is 60.1 Å². The largest absolute Gasteiger partial charge is 0.492 e. The molecule has 3 aromatic rings. The monoisotopic (exact) mass is 583 g/mol. The summed E-state index contributed by atoms with van der Waals surface area (Å²) in [5, 5.41) is 5.03. The summed E-state index contributed by atoms with van der Waals surface area (Å²) in [7, 11) is 1.61. The van der Waals surface area contributed by atoms with E-state index in [9.17, 15) is 4.79 Å². The molecule has 0 aliphatic heterocycles. The molecule has 1 heterocycles. The van der Waals surface area contributed by atoms with Crippen LogP contribution in [0.1, 0.15) is 39.1 Å². The van der Waals surface area contributed by atoms with E-state index in [0.717, 1.165) is 13.6 Å². The summed E-state index contributed by atoms with van der Waals surface area (Å²) in [6.45, 7) is 8.46. The zero-order chi connectivity index (χ0) is 22.1. The van der Waals surface area contributed by atoms with Gasteiger partial charge in [0.15, 0.2) is 11.5 Å². The van der Waals surface area contributed by atoms with Crippen LogP contribution in [0, 0.1) is 3.57 Å². The van der Waals surface area contributed by atoms with Crippen molar-refractivity contribution >= 4 is 55.6 Å². The molecule has 30 heavy (non-hydrogen) atoms. The number of methoxy groups -OCH3 is 1. The standard InChI is InChI=1S/C22H23BrIN3O3/c1-6-30-18-10-13(9-16(24)19(18)29-5)12-25-27-20(28)15-11-14(23)7-8-17(15)26-21(27)22(2,3)4/h7-12H,6H2,1-5H3. The summed E-state index contributed by atoms with van der Waals surface area (Å²) in [6, 6.07) is 9.26. The van der Waals surface area contributed by atoms with E-state index in [-0.39, 0.29) is 11.0 Å². The molecule has 0 aliphatic rings. The van der Waals surface area contributed by atoms with Gasteiger partial charge in [-0.05, 0) is 65.4 Å². The van der Waals surface area contributed by atoms with Crippen LogP contribution in [0.4, 0.5) is 0 Å². The molecule has 0 fully saturated rings. The molecule has 0 radical (unpaired) electrons. The lowest BCUT2D eigenvalue weighted by Crippen LogP contribution is -2.29. The van der Waals surface area contributed by atoms with Gasteiger partial charge >= 0.3 is 0 Å². The molecule has 0 atom stereocenters. The highest BCUT2D eigenvalue weighted by atomic mass is 127. The molecule has 0 saturated heterocycles. The van der Waals surface area contributed by atoms with E-state index in [1.165, 1.54) is 4.68 Å². The summed E-state index contributed by atoms with van der Waals surface area (Å²) < 4.78 is 14.2. The second kappa shape index (κ2) is 9.05. The van der Waals surface area contributed by atoms with E-state index in [0.29, 0.717) is 34.8 Å². The van der Waals surface area contributed by atoms with Crippen LogP contribution in [0.3, 0.4) is 0 Å². The molecule has 3 rings (SSSR count). The number of ether oxygens (including phenoxy) is 2. The van der Waals surface area contributed by atoms with Crippen LogP contribution in [-0.2, 0) is 5.41 Å². The molecule has 0 aliphatic carbocycles. The van der Waals surface area contributed by atoms with Gasteiger partial charge in [0.25, 0.3) is 5.56 Å². The molecular formula is C22H23BrIN3O3. The fourth-order valence-corrected chi connectivity index (χ4v) is 4.20. The Kier molecular flexibility index (Phi) is 6.86. The molecule has 0 unspecified atom stereocenters. The molecule has 1 aromatic heterocycles. The van der Waals surface area contributed by atoms with Gasteiger partial charge in [0.2, 0.25) is 0 Å². The minimum atomic E-state index is -0.372. The Morgan fingerprint density at radius 3 is 2.63 bits per heavy atom. The molecule has 0 N–H and O–H groups in total. The van der Waals surface area contributed by atoms with Gasteiger partial charge in [-0.1, -0.05) is 36.7 Å². The average Bonchev–Trinajstić information content (AvgIpc) is 2.67. The fourth-order valence-electron chi connectivity index (χ4n) is 2.99. The predicted octanol–water partition coefficient (Wildman–Crippen LogP) is 5.35. The smallest absolute Gasteiger partial charge is 0.282 e. The van der Waals surface area contributed by atoms with Crippen LogP contribution in [-0.4, -0.2) is 29.6 Å². The first-order valence-corrected chi connectivity index (χ1v) is 11.3. The molecule has 6 nitrogen and oxygen atoms in total. The van der Waals surface area contributed by atoms with Crippen LogP contribution in [0.15, 0.2) is 44.7 Å². The second-order valence-electron chi connectivity index (χ2n) is 7.68. The molecule has 2 aromatic carbocycles. The van der Waals surface area contributed by atoms with E-state index in [1.54, 1.807) is 19.4 Å². The normalized spacial score (nSPS) is 12.0. The van der Waals surface area contributed by atoms with Crippen molar-refractivity contribution in [2.75, 3.05) is 13.7 Å². The topological polar surface area (TPSA) is 65.7 Å². The predicted molar refractivity (Wildman–Crippen MR) is 132 cm³/mol. The Morgan fingerprint density at radius 1 is 1.27 bits per heavy atom. The number of hydrogen-bond donors (Lipinski definition) is 0. The van der Waals surface area contributed by atoms with Crippen molar-refractivity contribution in [1.29, 1.82) is 0 Å². The number of hydrogen-bond acceptors (Lipinski definition) is 5. The van der Waals surface area contributed by atoms with Gasteiger partial charge in [0.1, 0.15) is 5.82 Å². The van der Waals surface area contributed by atoms with Crippen LogP contribution < -0.4 is 15.0 Å². The van der Waals surface area contributed by atoms with Gasteiger partial charge in [0.05, 0.1) is 34.4 Å². The fraction of sp³-hybridized carbons (Fsp3) is 0.318. The molecular weight excluding hydrogens is 561 g/mol. The number of halogens is 2. The van der Waals surface area contributed by atoms with Gasteiger partial charge in [0, 0.05) is 9.89 Å². The highest BCUT2D eigenvalue weighted by molar-refractivity contribution is 14.1.